The summed E-state index contributed by atoms with van der Waals surface area (Å²) in [5, 5.41) is 10.9. The average Bonchev–Trinajstić information content (AvgIpc) is 3.27. The monoisotopic (exact) mass is 516 g/mol. The zero-order valence-electron chi connectivity index (χ0n) is 17.9. The number of carbonyl (C=O) groups excluding carboxylic acids is 1. The Morgan fingerprint density at radius 2 is 1.85 bits per heavy atom. The van der Waals surface area contributed by atoms with Crippen molar-refractivity contribution in [1.82, 2.24) is 4.90 Å². The number of ether oxygens (including phenoxy) is 3. The van der Waals surface area contributed by atoms with E-state index in [0.717, 1.165) is 11.1 Å². The molecule has 9 nitrogen and oxygen atoms in total. The molecule has 172 valence electrons. The zero-order valence-corrected chi connectivity index (χ0v) is 19.5. The Morgan fingerprint density at radius 1 is 1.15 bits per heavy atom. The van der Waals surface area contributed by atoms with Crippen molar-refractivity contribution in [3.8, 4) is 17.2 Å². The van der Waals surface area contributed by atoms with Crippen molar-refractivity contribution in [2.45, 2.75) is 12.5 Å². The molecule has 4 rings (SSSR count). The second-order valence-electron chi connectivity index (χ2n) is 7.34. The summed E-state index contributed by atoms with van der Waals surface area (Å²) in [6, 6.07) is 12.4. The van der Waals surface area contributed by atoms with Gasteiger partial charge in [0.2, 0.25) is 0 Å². The molecule has 1 atom stereocenters. The number of rotatable bonds is 7. The van der Waals surface area contributed by atoms with Crippen LogP contribution in [0.5, 0.6) is 17.2 Å². The summed E-state index contributed by atoms with van der Waals surface area (Å²) in [6.45, 7) is 0.585. The lowest BCUT2D eigenvalue weighted by atomic mass is 9.92. The van der Waals surface area contributed by atoms with E-state index in [1.54, 1.807) is 31.3 Å². The number of nitrogens with zero attached hydrogens (tertiary/aromatic N) is 2. The van der Waals surface area contributed by atoms with Gasteiger partial charge in [0.25, 0.3) is 11.6 Å². The van der Waals surface area contributed by atoms with Gasteiger partial charge in [-0.25, -0.2) is 0 Å². The Hall–Kier alpha value is -3.53. The number of nitro groups is 1. The van der Waals surface area contributed by atoms with Crippen molar-refractivity contribution < 1.29 is 28.3 Å². The van der Waals surface area contributed by atoms with Crippen LogP contribution < -0.4 is 14.2 Å². The van der Waals surface area contributed by atoms with Crippen LogP contribution in [0.3, 0.4) is 0 Å². The van der Waals surface area contributed by atoms with Gasteiger partial charge in [-0.15, -0.1) is 0 Å². The molecule has 10 heteroatoms. The topological polar surface area (TPSA) is 104 Å². The van der Waals surface area contributed by atoms with Crippen molar-refractivity contribution in [3.63, 3.8) is 0 Å². The molecular formula is C23H21BrN2O7. The summed E-state index contributed by atoms with van der Waals surface area (Å²) in [4.78, 5) is 25.4. The van der Waals surface area contributed by atoms with Gasteiger partial charge in [0.05, 0.1) is 25.2 Å². The minimum atomic E-state index is -0.470. The van der Waals surface area contributed by atoms with E-state index in [1.807, 2.05) is 12.1 Å². The molecule has 0 bridgehead atoms. The third-order valence-corrected chi connectivity index (χ3v) is 5.93. The van der Waals surface area contributed by atoms with Crippen LogP contribution >= 0.6 is 15.9 Å². The summed E-state index contributed by atoms with van der Waals surface area (Å²) < 4.78 is 22.8. The van der Waals surface area contributed by atoms with Crippen molar-refractivity contribution in [2.75, 3.05) is 27.4 Å². The number of hydrogen-bond donors (Lipinski definition) is 0. The number of nitro benzene ring substituents is 1. The molecule has 0 radical (unpaired) electrons. The van der Waals surface area contributed by atoms with Gasteiger partial charge in [-0.1, -0.05) is 0 Å². The highest BCUT2D eigenvalue weighted by Crippen LogP contribution is 2.39. The smallest absolute Gasteiger partial charge is 0.290 e. The highest BCUT2D eigenvalue weighted by atomic mass is 79.9. The Kier molecular flexibility index (Phi) is 6.55. The first kappa shape index (κ1) is 22.7. The second kappa shape index (κ2) is 9.53. The van der Waals surface area contributed by atoms with Crippen LogP contribution in [0, 0.1) is 10.1 Å². The first-order valence-electron chi connectivity index (χ1n) is 10.1. The van der Waals surface area contributed by atoms with Crippen molar-refractivity contribution in [3.05, 3.63) is 80.2 Å². The van der Waals surface area contributed by atoms with Crippen LogP contribution in [0.25, 0.3) is 0 Å². The largest absolute Gasteiger partial charge is 0.493 e. The number of furan rings is 1. The fraction of sp³-hybridized carbons (Fsp3) is 0.261. The molecule has 0 spiro atoms. The number of amides is 1. The molecule has 33 heavy (non-hydrogen) atoms. The fourth-order valence-corrected chi connectivity index (χ4v) is 4.17. The van der Waals surface area contributed by atoms with Gasteiger partial charge in [0, 0.05) is 18.7 Å². The summed E-state index contributed by atoms with van der Waals surface area (Å²) in [7, 11) is 3.13. The maximum absolute atomic E-state index is 13.3. The van der Waals surface area contributed by atoms with Gasteiger partial charge in [-0.3, -0.25) is 14.9 Å². The SMILES string of the molecule is COc1cc2c(cc1OC)C(COc1ccc([N+](=O)[O-])cc1)N(C(=O)c1ccc(Br)o1)CC2. The first-order valence-corrected chi connectivity index (χ1v) is 10.9. The number of methoxy groups -OCH3 is 2. The lowest BCUT2D eigenvalue weighted by Crippen LogP contribution is -2.42. The van der Waals surface area contributed by atoms with E-state index in [9.17, 15) is 14.9 Å². The Bertz CT molecular complexity index is 1180. The normalized spacial score (nSPS) is 15.0. The molecule has 0 N–H and O–H groups in total. The van der Waals surface area contributed by atoms with E-state index >= 15 is 0 Å². The molecule has 1 aliphatic heterocycles. The van der Waals surface area contributed by atoms with Gasteiger partial charge >= 0.3 is 0 Å². The first-order chi connectivity index (χ1) is 15.9. The van der Waals surface area contributed by atoms with Gasteiger partial charge < -0.3 is 23.5 Å². The molecule has 1 aliphatic rings. The molecule has 1 aromatic heterocycles. The van der Waals surface area contributed by atoms with Crippen LogP contribution in [-0.4, -0.2) is 43.1 Å². The highest BCUT2D eigenvalue weighted by molar-refractivity contribution is 9.10. The summed E-state index contributed by atoms with van der Waals surface area (Å²) >= 11 is 3.24. The Morgan fingerprint density at radius 3 is 2.45 bits per heavy atom. The van der Waals surface area contributed by atoms with Gasteiger partial charge in [0.1, 0.15) is 12.4 Å². The van der Waals surface area contributed by atoms with Crippen LogP contribution in [0.1, 0.15) is 27.7 Å². The number of halogens is 1. The summed E-state index contributed by atoms with van der Waals surface area (Å²) in [6.07, 6.45) is 0.622. The lowest BCUT2D eigenvalue weighted by Gasteiger charge is -2.37. The van der Waals surface area contributed by atoms with E-state index < -0.39 is 11.0 Å². The average molecular weight is 517 g/mol. The van der Waals surface area contributed by atoms with Crippen molar-refractivity contribution in [2.24, 2.45) is 0 Å². The van der Waals surface area contributed by atoms with E-state index in [1.165, 1.54) is 24.3 Å². The molecule has 1 amide bonds. The van der Waals surface area contributed by atoms with Crippen LogP contribution in [-0.2, 0) is 6.42 Å². The van der Waals surface area contributed by atoms with Gasteiger partial charge in [0.15, 0.2) is 21.9 Å². The lowest BCUT2D eigenvalue weighted by molar-refractivity contribution is -0.384. The quantitative estimate of drug-likeness (QED) is 0.328. The van der Waals surface area contributed by atoms with Gasteiger partial charge in [-0.2, -0.15) is 0 Å². The van der Waals surface area contributed by atoms with E-state index in [2.05, 4.69) is 15.9 Å². The Labute approximate surface area is 198 Å². The number of non-ortho nitro benzene ring substituents is 1. The molecular weight excluding hydrogens is 496 g/mol. The third-order valence-electron chi connectivity index (χ3n) is 5.50. The Balaban J connectivity index is 1.67. The number of benzene rings is 2. The van der Waals surface area contributed by atoms with Crippen molar-refractivity contribution in [1.29, 1.82) is 0 Å². The maximum Gasteiger partial charge on any atom is 0.290 e. The predicted octanol–water partition coefficient (Wildman–Crippen LogP) is 4.79. The third kappa shape index (κ3) is 4.65. The minimum absolute atomic E-state index is 0.0256. The van der Waals surface area contributed by atoms with Gasteiger partial charge in [-0.05, 0) is 69.9 Å². The fourth-order valence-electron chi connectivity index (χ4n) is 3.86. The molecule has 2 aromatic carbocycles. The molecule has 0 saturated heterocycles. The maximum atomic E-state index is 13.3. The van der Waals surface area contributed by atoms with Crippen LogP contribution in [0.15, 0.2) is 57.6 Å². The van der Waals surface area contributed by atoms with Crippen molar-refractivity contribution >= 4 is 27.5 Å². The summed E-state index contributed by atoms with van der Waals surface area (Å²) in [5.74, 6) is 1.57. The van der Waals surface area contributed by atoms with Crippen LogP contribution in [0.4, 0.5) is 5.69 Å². The minimum Gasteiger partial charge on any atom is -0.493 e. The summed E-state index contributed by atoms with van der Waals surface area (Å²) in [5.41, 5.74) is 1.87. The predicted molar refractivity (Wildman–Crippen MR) is 122 cm³/mol. The number of hydrogen-bond acceptors (Lipinski definition) is 7. The molecule has 0 aliphatic carbocycles. The zero-order chi connectivity index (χ0) is 23.5. The molecule has 0 saturated carbocycles. The molecule has 3 aromatic rings. The highest BCUT2D eigenvalue weighted by Gasteiger charge is 2.34. The van der Waals surface area contributed by atoms with E-state index in [4.69, 9.17) is 18.6 Å². The number of carbonyl (C=O) groups is 1. The van der Waals surface area contributed by atoms with Crippen LogP contribution in [0.2, 0.25) is 0 Å². The van der Waals surface area contributed by atoms with E-state index in [-0.39, 0.29) is 24.0 Å². The standard InChI is InChI=1S/C23H21BrN2O7/c1-30-20-11-14-9-10-25(23(27)19-7-8-22(24)33-19)18(17(14)12-21(20)31-2)13-32-16-5-3-15(4-6-16)26(28)29/h3-8,11-12,18H,9-10,13H2,1-2H3. The second-order valence-corrected chi connectivity index (χ2v) is 8.12. The van der Waals surface area contributed by atoms with E-state index in [0.29, 0.717) is 34.9 Å². The molecule has 2 heterocycles. The number of fused-ring (bicyclic) bond motifs is 1. The molecule has 0 fully saturated rings. The molecule has 1 unspecified atom stereocenters.